The zero-order chi connectivity index (χ0) is 32.9. The minimum absolute atomic E-state index is 0.0319. The van der Waals surface area contributed by atoms with Crippen molar-refractivity contribution in [2.24, 2.45) is 17.5 Å². The minimum Gasteiger partial charge on any atom is -0.493 e. The monoisotopic (exact) mass is 622 g/mol. The van der Waals surface area contributed by atoms with E-state index in [0.29, 0.717) is 54.4 Å². The Morgan fingerprint density at radius 1 is 1.09 bits per heavy atom. The Bertz CT molecular complexity index is 1430. The van der Waals surface area contributed by atoms with Crippen molar-refractivity contribution in [2.75, 3.05) is 52.8 Å². The average molecular weight is 623 g/mol. The van der Waals surface area contributed by atoms with Crippen molar-refractivity contribution in [3.05, 3.63) is 35.7 Å². The summed E-state index contributed by atoms with van der Waals surface area (Å²) >= 11 is 0. The molecule has 0 unspecified atom stereocenters. The third-order valence-electron chi connectivity index (χ3n) is 8.82. The highest BCUT2D eigenvalue weighted by Gasteiger charge is 2.34. The van der Waals surface area contributed by atoms with Crippen molar-refractivity contribution in [3.63, 3.8) is 0 Å². The number of carbonyl (C=O) groups excluding carboxylic acids is 3. The van der Waals surface area contributed by atoms with Gasteiger partial charge in [-0.05, 0) is 78.7 Å². The van der Waals surface area contributed by atoms with E-state index in [1.807, 2.05) is 76.8 Å². The highest BCUT2D eigenvalue weighted by Crippen LogP contribution is 2.38. The summed E-state index contributed by atoms with van der Waals surface area (Å²) in [6.07, 6.45) is 7.68. The number of fused-ring (bicyclic) bond motifs is 2. The number of amides is 3. The third-order valence-corrected chi connectivity index (χ3v) is 8.82. The molecule has 4 rings (SSSR count). The van der Waals surface area contributed by atoms with Crippen LogP contribution in [-0.4, -0.2) is 91.8 Å². The van der Waals surface area contributed by atoms with Gasteiger partial charge < -0.3 is 34.5 Å². The number of aliphatic imine (C=N–C) groups is 1. The van der Waals surface area contributed by atoms with E-state index >= 15 is 0 Å². The van der Waals surface area contributed by atoms with Crippen LogP contribution in [0.1, 0.15) is 75.9 Å². The SMILES string of the molecule is COc1cc2c(cc1OCCCC(C)(C)C(=O)Nc1cc(C(C)(C)C(=O)NCCCN(C)C)n(C)c1)N=C[C@@H]1CCCN1C2=O. The fourth-order valence-corrected chi connectivity index (χ4v) is 5.92. The molecule has 45 heavy (non-hydrogen) atoms. The second kappa shape index (κ2) is 14.1. The van der Waals surface area contributed by atoms with E-state index in [0.717, 1.165) is 38.0 Å². The summed E-state index contributed by atoms with van der Waals surface area (Å²) in [4.78, 5) is 48.0. The lowest BCUT2D eigenvalue weighted by Gasteiger charge is -2.25. The molecule has 0 aliphatic carbocycles. The second-order valence-electron chi connectivity index (χ2n) is 13.6. The minimum atomic E-state index is -0.769. The largest absolute Gasteiger partial charge is 0.493 e. The summed E-state index contributed by atoms with van der Waals surface area (Å²) in [6.45, 7) is 10.2. The number of rotatable bonds is 14. The van der Waals surface area contributed by atoms with Crippen molar-refractivity contribution >= 4 is 35.3 Å². The van der Waals surface area contributed by atoms with Crippen molar-refractivity contribution in [2.45, 2.75) is 71.3 Å². The van der Waals surface area contributed by atoms with Gasteiger partial charge in [-0.2, -0.15) is 0 Å². The maximum absolute atomic E-state index is 13.3. The molecular weight excluding hydrogens is 572 g/mol. The summed E-state index contributed by atoms with van der Waals surface area (Å²) in [6, 6.07) is 5.39. The number of anilines is 1. The topological polar surface area (TPSA) is 117 Å². The van der Waals surface area contributed by atoms with Gasteiger partial charge in [0.05, 0.1) is 42.1 Å². The van der Waals surface area contributed by atoms with Crippen molar-refractivity contribution < 1.29 is 23.9 Å². The van der Waals surface area contributed by atoms with Crippen LogP contribution < -0.4 is 20.1 Å². The molecule has 0 bridgehead atoms. The molecule has 3 heterocycles. The van der Waals surface area contributed by atoms with Crippen LogP contribution >= 0.6 is 0 Å². The maximum Gasteiger partial charge on any atom is 0.256 e. The number of hydrogen-bond acceptors (Lipinski definition) is 7. The molecule has 2 N–H and O–H groups in total. The van der Waals surface area contributed by atoms with E-state index in [1.54, 1.807) is 19.2 Å². The Labute approximate surface area is 267 Å². The summed E-state index contributed by atoms with van der Waals surface area (Å²) in [5, 5.41) is 6.09. The molecule has 1 saturated heterocycles. The van der Waals surface area contributed by atoms with Crippen LogP contribution in [0, 0.1) is 5.41 Å². The Morgan fingerprint density at radius 2 is 1.84 bits per heavy atom. The molecule has 2 aromatic rings. The number of methoxy groups -OCH3 is 1. The Balaban J connectivity index is 1.32. The lowest BCUT2D eigenvalue weighted by atomic mass is 9.86. The Morgan fingerprint density at radius 3 is 2.56 bits per heavy atom. The third kappa shape index (κ3) is 7.87. The van der Waals surface area contributed by atoms with Gasteiger partial charge >= 0.3 is 0 Å². The van der Waals surface area contributed by atoms with Crippen LogP contribution in [0.3, 0.4) is 0 Å². The van der Waals surface area contributed by atoms with Crippen LogP contribution in [-0.2, 0) is 22.1 Å². The van der Waals surface area contributed by atoms with E-state index in [9.17, 15) is 14.4 Å². The predicted octanol–water partition coefficient (Wildman–Crippen LogP) is 4.52. The summed E-state index contributed by atoms with van der Waals surface area (Å²) in [5.74, 6) is 0.811. The van der Waals surface area contributed by atoms with Gasteiger partial charge in [0.25, 0.3) is 5.91 Å². The van der Waals surface area contributed by atoms with E-state index in [-0.39, 0.29) is 23.8 Å². The number of carbonyl (C=O) groups is 3. The zero-order valence-electron chi connectivity index (χ0n) is 28.2. The van der Waals surface area contributed by atoms with Gasteiger partial charge in [0, 0.05) is 49.7 Å². The molecular formula is C34H50N6O5. The molecule has 2 aliphatic rings. The number of hydrogen-bond donors (Lipinski definition) is 2. The van der Waals surface area contributed by atoms with Gasteiger partial charge in [0.2, 0.25) is 11.8 Å². The second-order valence-corrected chi connectivity index (χ2v) is 13.6. The van der Waals surface area contributed by atoms with Crippen LogP contribution in [0.2, 0.25) is 0 Å². The van der Waals surface area contributed by atoms with Crippen molar-refractivity contribution in [3.8, 4) is 11.5 Å². The summed E-state index contributed by atoms with van der Waals surface area (Å²) < 4.78 is 13.5. The van der Waals surface area contributed by atoms with Gasteiger partial charge in [-0.1, -0.05) is 13.8 Å². The Kier molecular flexibility index (Phi) is 10.6. The first-order valence-electron chi connectivity index (χ1n) is 15.9. The first kappa shape index (κ1) is 34.0. The molecule has 0 saturated carbocycles. The molecule has 11 nitrogen and oxygen atoms in total. The molecule has 2 aliphatic heterocycles. The molecule has 1 atom stereocenters. The highest BCUT2D eigenvalue weighted by atomic mass is 16.5. The number of benzene rings is 1. The maximum atomic E-state index is 13.3. The fourth-order valence-electron chi connectivity index (χ4n) is 5.92. The zero-order valence-corrected chi connectivity index (χ0v) is 28.2. The quantitative estimate of drug-likeness (QED) is 0.299. The molecule has 1 aromatic carbocycles. The fraction of sp³-hybridized carbons (Fsp3) is 0.588. The van der Waals surface area contributed by atoms with Gasteiger partial charge in [-0.25, -0.2) is 0 Å². The molecule has 246 valence electrons. The lowest BCUT2D eigenvalue weighted by Crippen LogP contribution is -2.42. The van der Waals surface area contributed by atoms with Crippen LogP contribution in [0.4, 0.5) is 11.4 Å². The lowest BCUT2D eigenvalue weighted by molar-refractivity contribution is -0.126. The van der Waals surface area contributed by atoms with E-state index in [4.69, 9.17) is 9.47 Å². The average Bonchev–Trinajstić information content (AvgIpc) is 3.59. The van der Waals surface area contributed by atoms with Gasteiger partial charge in [0.1, 0.15) is 0 Å². The van der Waals surface area contributed by atoms with E-state index in [1.165, 1.54) is 0 Å². The van der Waals surface area contributed by atoms with Crippen LogP contribution in [0.25, 0.3) is 0 Å². The van der Waals surface area contributed by atoms with Gasteiger partial charge in [-0.15, -0.1) is 0 Å². The number of nitrogens with zero attached hydrogens (tertiary/aromatic N) is 4. The van der Waals surface area contributed by atoms with Crippen LogP contribution in [0.5, 0.6) is 11.5 Å². The van der Waals surface area contributed by atoms with Gasteiger partial charge in [0.15, 0.2) is 11.5 Å². The summed E-state index contributed by atoms with van der Waals surface area (Å²) in [7, 11) is 7.46. The molecule has 0 radical (unpaired) electrons. The molecule has 1 aromatic heterocycles. The van der Waals surface area contributed by atoms with Gasteiger partial charge in [-0.3, -0.25) is 19.4 Å². The Hall–Kier alpha value is -3.86. The van der Waals surface area contributed by atoms with E-state index in [2.05, 4.69) is 20.5 Å². The number of nitrogens with one attached hydrogen (secondary N) is 2. The first-order valence-corrected chi connectivity index (χ1v) is 15.9. The molecule has 1 fully saturated rings. The summed E-state index contributed by atoms with van der Waals surface area (Å²) in [5.41, 5.74) is 1.13. The van der Waals surface area contributed by atoms with Crippen molar-refractivity contribution in [1.29, 1.82) is 0 Å². The number of aryl methyl sites for hydroxylation is 1. The normalized spacial score (nSPS) is 16.3. The highest BCUT2D eigenvalue weighted by molar-refractivity contribution is 6.03. The van der Waals surface area contributed by atoms with E-state index < -0.39 is 10.8 Å². The molecule has 11 heteroatoms. The molecule has 3 amide bonds. The first-order chi connectivity index (χ1) is 21.2. The smallest absolute Gasteiger partial charge is 0.256 e. The number of ether oxygens (including phenoxy) is 2. The predicted molar refractivity (Wildman–Crippen MR) is 177 cm³/mol. The molecule has 0 spiro atoms. The number of aromatic nitrogens is 1. The van der Waals surface area contributed by atoms with Crippen molar-refractivity contribution in [1.82, 2.24) is 19.7 Å². The standard InChI is InChI=1S/C34H50N6O5/c1-33(2,31(42)37-23-18-29(39(7)22-23)34(3,4)32(43)35-14-11-15-38(5)6)13-10-17-45-28-20-26-25(19-27(28)44-8)30(41)40-16-9-12-24(40)21-36-26/h18-22,24H,9-17H2,1-8H3,(H,35,43)(H,37,42)/t24-/m0/s1. The van der Waals surface area contributed by atoms with Crippen LogP contribution in [0.15, 0.2) is 29.4 Å².